The number of para-hydroxylation sites is 1. The number of thiophene rings is 1. The first kappa shape index (κ1) is 17.0. The lowest BCUT2D eigenvalue weighted by atomic mass is 10.0. The predicted molar refractivity (Wildman–Crippen MR) is 105 cm³/mol. The van der Waals surface area contributed by atoms with Crippen molar-refractivity contribution >= 4 is 33.1 Å². The molecule has 0 spiro atoms. The monoisotopic (exact) mass is 367 g/mol. The van der Waals surface area contributed by atoms with Crippen LogP contribution in [0.2, 0.25) is 0 Å². The molecule has 26 heavy (non-hydrogen) atoms. The number of rotatable bonds is 3. The second-order valence-electron chi connectivity index (χ2n) is 6.73. The van der Waals surface area contributed by atoms with Crippen LogP contribution >= 0.6 is 11.3 Å². The first-order chi connectivity index (χ1) is 12.6. The fourth-order valence-corrected chi connectivity index (χ4v) is 4.56. The summed E-state index contributed by atoms with van der Waals surface area (Å²) in [5.74, 6) is 0.0577. The SMILES string of the molecule is Cc1sc2ncn(CCC(=O)N3CCCc4ccccc43)c(=O)c2c1C. The number of benzene rings is 1. The average Bonchev–Trinajstić information content (AvgIpc) is 2.95. The van der Waals surface area contributed by atoms with E-state index < -0.39 is 0 Å². The Hall–Kier alpha value is -2.47. The number of aromatic nitrogens is 2. The summed E-state index contributed by atoms with van der Waals surface area (Å²) in [7, 11) is 0. The zero-order valence-corrected chi connectivity index (χ0v) is 15.8. The van der Waals surface area contributed by atoms with Crippen molar-refractivity contribution in [2.24, 2.45) is 0 Å². The van der Waals surface area contributed by atoms with Crippen molar-refractivity contribution < 1.29 is 4.79 Å². The summed E-state index contributed by atoms with van der Waals surface area (Å²) < 4.78 is 1.56. The fourth-order valence-electron chi connectivity index (χ4n) is 3.57. The number of fused-ring (bicyclic) bond motifs is 2. The Bertz CT molecular complexity index is 1050. The molecule has 5 nitrogen and oxygen atoms in total. The summed E-state index contributed by atoms with van der Waals surface area (Å²) in [5, 5.41) is 0.686. The molecule has 0 unspecified atom stereocenters. The van der Waals surface area contributed by atoms with E-state index in [2.05, 4.69) is 11.1 Å². The first-order valence-corrected chi connectivity index (χ1v) is 9.71. The number of carbonyl (C=O) groups excluding carboxylic acids is 1. The van der Waals surface area contributed by atoms with Crippen LogP contribution in [0.15, 0.2) is 35.4 Å². The summed E-state index contributed by atoms with van der Waals surface area (Å²) in [4.78, 5) is 33.7. The Kier molecular flexibility index (Phi) is 4.36. The number of nitrogens with zero attached hydrogens (tertiary/aromatic N) is 3. The highest BCUT2D eigenvalue weighted by atomic mass is 32.1. The van der Waals surface area contributed by atoms with E-state index in [-0.39, 0.29) is 11.5 Å². The summed E-state index contributed by atoms with van der Waals surface area (Å²) in [6.07, 6.45) is 3.85. The molecule has 0 saturated heterocycles. The van der Waals surface area contributed by atoms with Crippen molar-refractivity contribution in [2.45, 2.75) is 39.7 Å². The van der Waals surface area contributed by atoms with E-state index in [9.17, 15) is 9.59 Å². The van der Waals surface area contributed by atoms with Crippen molar-refractivity contribution in [2.75, 3.05) is 11.4 Å². The maximum Gasteiger partial charge on any atom is 0.262 e. The summed E-state index contributed by atoms with van der Waals surface area (Å²) in [6, 6.07) is 8.06. The highest BCUT2D eigenvalue weighted by Crippen LogP contribution is 2.27. The standard InChI is InChI=1S/C20H21N3O2S/c1-13-14(2)26-19-18(13)20(25)22(12-21-19)11-9-17(24)23-10-5-7-15-6-3-4-8-16(15)23/h3-4,6,8,12H,5,7,9-11H2,1-2H3. The van der Waals surface area contributed by atoms with E-state index in [1.54, 1.807) is 22.2 Å². The molecule has 2 aromatic heterocycles. The van der Waals surface area contributed by atoms with Gasteiger partial charge in [0.1, 0.15) is 4.83 Å². The summed E-state index contributed by atoms with van der Waals surface area (Å²) in [6.45, 7) is 5.05. The second kappa shape index (κ2) is 6.68. The minimum Gasteiger partial charge on any atom is -0.312 e. The predicted octanol–water partition coefficient (Wildman–Crippen LogP) is 3.44. The molecule has 134 valence electrons. The summed E-state index contributed by atoms with van der Waals surface area (Å²) in [5.41, 5.74) is 3.17. The van der Waals surface area contributed by atoms with Crippen molar-refractivity contribution in [1.29, 1.82) is 0 Å². The highest BCUT2D eigenvalue weighted by Gasteiger charge is 2.22. The van der Waals surface area contributed by atoms with Crippen molar-refractivity contribution in [1.82, 2.24) is 9.55 Å². The Morgan fingerprint density at radius 3 is 2.92 bits per heavy atom. The van der Waals surface area contributed by atoms with E-state index >= 15 is 0 Å². The Balaban J connectivity index is 1.56. The van der Waals surface area contributed by atoms with Crippen molar-refractivity contribution in [3.05, 3.63) is 57.0 Å². The third kappa shape index (κ3) is 2.84. The molecule has 0 N–H and O–H groups in total. The molecule has 1 aromatic carbocycles. The lowest BCUT2D eigenvalue weighted by molar-refractivity contribution is -0.118. The van der Waals surface area contributed by atoms with Gasteiger partial charge in [-0.1, -0.05) is 18.2 Å². The lowest BCUT2D eigenvalue weighted by Gasteiger charge is -2.29. The lowest BCUT2D eigenvalue weighted by Crippen LogP contribution is -2.36. The van der Waals surface area contributed by atoms with Gasteiger partial charge in [-0.3, -0.25) is 14.2 Å². The van der Waals surface area contributed by atoms with Crippen LogP contribution in [-0.4, -0.2) is 22.0 Å². The molecule has 1 aliphatic rings. The van der Waals surface area contributed by atoms with Gasteiger partial charge in [-0.05, 0) is 43.9 Å². The van der Waals surface area contributed by atoms with Gasteiger partial charge < -0.3 is 4.90 Å². The zero-order chi connectivity index (χ0) is 18.3. The number of hydrogen-bond acceptors (Lipinski definition) is 4. The molecule has 0 bridgehead atoms. The van der Waals surface area contributed by atoms with Gasteiger partial charge in [0.25, 0.3) is 5.56 Å². The van der Waals surface area contributed by atoms with Crippen LogP contribution in [0.5, 0.6) is 0 Å². The molecule has 0 fully saturated rings. The van der Waals surface area contributed by atoms with Crippen LogP contribution in [0.25, 0.3) is 10.2 Å². The molecule has 4 rings (SSSR count). The van der Waals surface area contributed by atoms with Gasteiger partial charge in [-0.25, -0.2) is 4.98 Å². The second-order valence-corrected chi connectivity index (χ2v) is 7.94. The summed E-state index contributed by atoms with van der Waals surface area (Å²) >= 11 is 1.54. The Morgan fingerprint density at radius 2 is 2.08 bits per heavy atom. The molecule has 1 amide bonds. The van der Waals surface area contributed by atoms with E-state index in [0.717, 1.165) is 40.3 Å². The van der Waals surface area contributed by atoms with Crippen molar-refractivity contribution in [3.8, 4) is 0 Å². The molecule has 0 atom stereocenters. The molecule has 0 saturated carbocycles. The normalized spacial score (nSPS) is 13.8. The van der Waals surface area contributed by atoms with Gasteiger partial charge in [-0.2, -0.15) is 0 Å². The topological polar surface area (TPSA) is 55.2 Å². The molecule has 3 aromatic rings. The number of hydrogen-bond donors (Lipinski definition) is 0. The maximum atomic E-state index is 12.8. The van der Waals surface area contributed by atoms with Gasteiger partial charge in [0, 0.05) is 30.1 Å². The number of anilines is 1. The molecular weight excluding hydrogens is 346 g/mol. The fraction of sp³-hybridized carbons (Fsp3) is 0.350. The zero-order valence-electron chi connectivity index (χ0n) is 15.0. The van der Waals surface area contributed by atoms with E-state index in [1.165, 1.54) is 5.56 Å². The van der Waals surface area contributed by atoms with Gasteiger partial charge >= 0.3 is 0 Å². The minimum atomic E-state index is -0.0521. The third-order valence-electron chi connectivity index (χ3n) is 5.13. The van der Waals surface area contributed by atoms with Gasteiger partial charge in [0.2, 0.25) is 5.91 Å². The number of carbonyl (C=O) groups is 1. The molecule has 1 aliphatic heterocycles. The van der Waals surface area contributed by atoms with Gasteiger partial charge in [-0.15, -0.1) is 11.3 Å². The van der Waals surface area contributed by atoms with Gasteiger partial charge in [0.05, 0.1) is 11.7 Å². The van der Waals surface area contributed by atoms with Crippen LogP contribution in [0.1, 0.15) is 28.8 Å². The maximum absolute atomic E-state index is 12.8. The quantitative estimate of drug-likeness (QED) is 0.712. The molecular formula is C20H21N3O2S. The van der Waals surface area contributed by atoms with Crippen LogP contribution < -0.4 is 10.5 Å². The Labute approximate surface area is 155 Å². The van der Waals surface area contributed by atoms with E-state index in [0.29, 0.717) is 18.4 Å². The third-order valence-corrected chi connectivity index (χ3v) is 6.25. The highest BCUT2D eigenvalue weighted by molar-refractivity contribution is 7.18. The van der Waals surface area contributed by atoms with Crippen LogP contribution in [0.4, 0.5) is 5.69 Å². The van der Waals surface area contributed by atoms with E-state index in [1.807, 2.05) is 36.9 Å². The molecule has 6 heteroatoms. The van der Waals surface area contributed by atoms with Crippen LogP contribution in [0.3, 0.4) is 0 Å². The molecule has 0 radical (unpaired) electrons. The smallest absolute Gasteiger partial charge is 0.262 e. The first-order valence-electron chi connectivity index (χ1n) is 8.89. The number of amides is 1. The van der Waals surface area contributed by atoms with Gasteiger partial charge in [0.15, 0.2) is 0 Å². The molecule has 3 heterocycles. The molecule has 0 aliphatic carbocycles. The minimum absolute atomic E-state index is 0.0521. The van der Waals surface area contributed by atoms with Crippen molar-refractivity contribution in [3.63, 3.8) is 0 Å². The average molecular weight is 367 g/mol. The number of aryl methyl sites for hydroxylation is 4. The van der Waals surface area contributed by atoms with Crippen LogP contribution in [-0.2, 0) is 17.8 Å². The largest absolute Gasteiger partial charge is 0.312 e. The van der Waals surface area contributed by atoms with Crippen LogP contribution in [0, 0.1) is 13.8 Å². The van der Waals surface area contributed by atoms with E-state index in [4.69, 9.17) is 0 Å². The Morgan fingerprint density at radius 1 is 1.27 bits per heavy atom.